The molecule has 0 bridgehead atoms. The first-order chi connectivity index (χ1) is 10.8. The maximum Gasteiger partial charge on any atom is 0.254 e. The van der Waals surface area contributed by atoms with E-state index in [0.717, 1.165) is 29.5 Å². The highest BCUT2D eigenvalue weighted by molar-refractivity contribution is 5.98. The Hall–Kier alpha value is -2.62. The van der Waals surface area contributed by atoms with Crippen LogP contribution in [0.2, 0.25) is 0 Å². The van der Waals surface area contributed by atoms with E-state index in [1.54, 1.807) is 12.5 Å². The highest BCUT2D eigenvalue weighted by Gasteiger charge is 2.33. The number of aromatic nitrogens is 1. The Morgan fingerprint density at radius 2 is 2.14 bits per heavy atom. The van der Waals surface area contributed by atoms with E-state index in [1.165, 1.54) is 0 Å². The molecular weight excluding hydrogens is 276 g/mol. The van der Waals surface area contributed by atoms with Crippen LogP contribution in [0.5, 0.6) is 0 Å². The lowest BCUT2D eigenvalue weighted by molar-refractivity contribution is 0.0717. The number of hydrogen-bond acceptors (Lipinski definition) is 3. The van der Waals surface area contributed by atoms with Gasteiger partial charge in [0, 0.05) is 23.2 Å². The van der Waals surface area contributed by atoms with Crippen molar-refractivity contribution >= 4 is 16.8 Å². The van der Waals surface area contributed by atoms with Crippen molar-refractivity contribution < 1.29 is 9.21 Å². The summed E-state index contributed by atoms with van der Waals surface area (Å²) in [4.78, 5) is 19.1. The van der Waals surface area contributed by atoms with Crippen LogP contribution >= 0.6 is 0 Å². The first-order valence-electron chi connectivity index (χ1n) is 7.49. The molecule has 1 aliphatic carbocycles. The number of pyridine rings is 1. The average molecular weight is 292 g/mol. The van der Waals surface area contributed by atoms with Crippen LogP contribution in [0.1, 0.15) is 29.0 Å². The Morgan fingerprint density at radius 1 is 1.23 bits per heavy atom. The Morgan fingerprint density at radius 3 is 2.91 bits per heavy atom. The SMILES string of the molecule is O=C(c1ccc2ncccc2c1)N(Cc1ccco1)C1CC1. The quantitative estimate of drug-likeness (QED) is 0.737. The highest BCUT2D eigenvalue weighted by Crippen LogP contribution is 2.30. The molecule has 1 amide bonds. The second-order valence-electron chi connectivity index (χ2n) is 5.65. The second kappa shape index (κ2) is 5.30. The summed E-state index contributed by atoms with van der Waals surface area (Å²) in [6.45, 7) is 0.529. The Balaban J connectivity index is 1.64. The number of furan rings is 1. The predicted octanol–water partition coefficient (Wildman–Crippen LogP) is 3.63. The number of hydrogen-bond donors (Lipinski definition) is 0. The number of carbonyl (C=O) groups excluding carboxylic acids is 1. The molecule has 0 N–H and O–H groups in total. The third-order valence-corrected chi connectivity index (χ3v) is 4.00. The minimum Gasteiger partial charge on any atom is -0.467 e. The zero-order valence-corrected chi connectivity index (χ0v) is 12.1. The van der Waals surface area contributed by atoms with Crippen molar-refractivity contribution in [3.05, 3.63) is 66.2 Å². The minimum atomic E-state index is 0.0599. The van der Waals surface area contributed by atoms with Crippen molar-refractivity contribution in [2.45, 2.75) is 25.4 Å². The predicted molar refractivity (Wildman–Crippen MR) is 83.3 cm³/mol. The van der Waals surface area contributed by atoms with Gasteiger partial charge in [0.15, 0.2) is 0 Å². The molecule has 0 unspecified atom stereocenters. The Labute approximate surface area is 128 Å². The molecule has 0 radical (unpaired) electrons. The highest BCUT2D eigenvalue weighted by atomic mass is 16.3. The molecule has 1 fully saturated rings. The fourth-order valence-electron chi connectivity index (χ4n) is 2.70. The van der Waals surface area contributed by atoms with E-state index in [2.05, 4.69) is 4.98 Å². The van der Waals surface area contributed by atoms with Gasteiger partial charge in [-0.05, 0) is 49.2 Å². The summed E-state index contributed by atoms with van der Waals surface area (Å²) >= 11 is 0. The summed E-state index contributed by atoms with van der Waals surface area (Å²) in [5, 5.41) is 0.988. The van der Waals surface area contributed by atoms with Crippen molar-refractivity contribution in [1.82, 2.24) is 9.88 Å². The zero-order chi connectivity index (χ0) is 14.9. The van der Waals surface area contributed by atoms with Gasteiger partial charge in [0.1, 0.15) is 5.76 Å². The molecule has 0 spiro atoms. The van der Waals surface area contributed by atoms with E-state index in [0.29, 0.717) is 18.2 Å². The van der Waals surface area contributed by atoms with Crippen molar-refractivity contribution in [2.24, 2.45) is 0 Å². The summed E-state index contributed by atoms with van der Waals surface area (Å²) in [6.07, 6.45) is 5.55. The molecule has 0 atom stereocenters. The van der Waals surface area contributed by atoms with E-state index < -0.39 is 0 Å². The molecule has 110 valence electrons. The molecule has 4 heteroatoms. The van der Waals surface area contributed by atoms with Crippen LogP contribution in [-0.4, -0.2) is 21.8 Å². The monoisotopic (exact) mass is 292 g/mol. The number of carbonyl (C=O) groups is 1. The molecule has 1 saturated carbocycles. The summed E-state index contributed by atoms with van der Waals surface area (Å²) in [5.74, 6) is 0.882. The first kappa shape index (κ1) is 13.1. The maximum atomic E-state index is 12.9. The lowest BCUT2D eigenvalue weighted by Gasteiger charge is -2.21. The third kappa shape index (κ3) is 2.48. The van der Waals surface area contributed by atoms with E-state index >= 15 is 0 Å². The van der Waals surface area contributed by atoms with Crippen molar-refractivity contribution in [1.29, 1.82) is 0 Å². The molecule has 3 aromatic rings. The van der Waals surface area contributed by atoms with E-state index in [9.17, 15) is 4.79 Å². The molecule has 4 nitrogen and oxygen atoms in total. The van der Waals surface area contributed by atoms with Gasteiger partial charge < -0.3 is 9.32 Å². The molecule has 2 aromatic heterocycles. The van der Waals surface area contributed by atoms with Gasteiger partial charge in [0.25, 0.3) is 5.91 Å². The normalized spacial score (nSPS) is 14.2. The number of benzene rings is 1. The number of fused-ring (bicyclic) bond motifs is 1. The van der Waals surface area contributed by atoms with Gasteiger partial charge in [0.2, 0.25) is 0 Å². The lowest BCUT2D eigenvalue weighted by Crippen LogP contribution is -2.32. The van der Waals surface area contributed by atoms with Crippen LogP contribution in [0.3, 0.4) is 0 Å². The average Bonchev–Trinajstić information content (AvgIpc) is 3.27. The van der Waals surface area contributed by atoms with Crippen molar-refractivity contribution in [3.63, 3.8) is 0 Å². The zero-order valence-electron chi connectivity index (χ0n) is 12.1. The molecular formula is C18H16N2O2. The molecule has 1 aromatic carbocycles. The Kier molecular flexibility index (Phi) is 3.15. The van der Waals surface area contributed by atoms with Crippen LogP contribution in [0, 0.1) is 0 Å². The molecule has 2 heterocycles. The van der Waals surface area contributed by atoms with Crippen molar-refractivity contribution in [2.75, 3.05) is 0 Å². The van der Waals surface area contributed by atoms with E-state index in [-0.39, 0.29) is 5.91 Å². The van der Waals surface area contributed by atoms with Crippen LogP contribution in [0.25, 0.3) is 10.9 Å². The third-order valence-electron chi connectivity index (χ3n) is 4.00. The van der Waals surface area contributed by atoms with Gasteiger partial charge in [0.05, 0.1) is 18.3 Å². The van der Waals surface area contributed by atoms with Gasteiger partial charge in [-0.2, -0.15) is 0 Å². The standard InChI is InChI=1S/C18H16N2O2/c21-18(14-5-8-17-13(11-14)3-1-9-19-17)20(15-6-7-15)12-16-4-2-10-22-16/h1-5,8-11,15H,6-7,12H2. The topological polar surface area (TPSA) is 46.3 Å². The molecule has 0 saturated heterocycles. The minimum absolute atomic E-state index is 0.0599. The number of amides is 1. The van der Waals surface area contributed by atoms with Gasteiger partial charge in [-0.15, -0.1) is 0 Å². The van der Waals surface area contributed by atoms with Gasteiger partial charge in [-0.3, -0.25) is 9.78 Å². The molecule has 0 aliphatic heterocycles. The maximum absolute atomic E-state index is 12.9. The smallest absolute Gasteiger partial charge is 0.254 e. The summed E-state index contributed by atoms with van der Waals surface area (Å²) in [7, 11) is 0. The van der Waals surface area contributed by atoms with E-state index in [4.69, 9.17) is 4.42 Å². The van der Waals surface area contributed by atoms with Crippen LogP contribution in [0.15, 0.2) is 59.3 Å². The fourth-order valence-corrected chi connectivity index (χ4v) is 2.70. The van der Waals surface area contributed by atoms with Crippen LogP contribution < -0.4 is 0 Å². The first-order valence-corrected chi connectivity index (χ1v) is 7.49. The van der Waals surface area contributed by atoms with Crippen molar-refractivity contribution in [3.8, 4) is 0 Å². The van der Waals surface area contributed by atoms with E-state index in [1.807, 2.05) is 47.4 Å². The van der Waals surface area contributed by atoms with Gasteiger partial charge in [-0.1, -0.05) is 6.07 Å². The summed E-state index contributed by atoms with van der Waals surface area (Å²) < 4.78 is 5.39. The largest absolute Gasteiger partial charge is 0.467 e. The summed E-state index contributed by atoms with van der Waals surface area (Å²) in [6, 6.07) is 13.6. The molecule has 22 heavy (non-hydrogen) atoms. The van der Waals surface area contributed by atoms with Gasteiger partial charge in [-0.25, -0.2) is 0 Å². The summed E-state index contributed by atoms with van der Waals surface area (Å²) in [5.41, 5.74) is 1.61. The van der Waals surface area contributed by atoms with Gasteiger partial charge >= 0.3 is 0 Å². The van der Waals surface area contributed by atoms with Crippen LogP contribution in [-0.2, 0) is 6.54 Å². The second-order valence-corrected chi connectivity index (χ2v) is 5.65. The fraction of sp³-hybridized carbons (Fsp3) is 0.222. The van der Waals surface area contributed by atoms with Crippen LogP contribution in [0.4, 0.5) is 0 Å². The molecule has 4 rings (SSSR count). The molecule has 1 aliphatic rings. The Bertz CT molecular complexity index is 807. The number of nitrogens with zero attached hydrogens (tertiary/aromatic N) is 2. The number of rotatable bonds is 4. The lowest BCUT2D eigenvalue weighted by atomic mass is 10.1.